The first-order valence-electron chi connectivity index (χ1n) is 4.95. The Labute approximate surface area is 128 Å². The largest absolute Gasteiger partial charge is 0.318 e. The Kier molecular flexibility index (Phi) is 9.34. The fraction of sp³-hybridized carbons (Fsp3) is 0.364. The van der Waals surface area contributed by atoms with Gasteiger partial charge in [-0.3, -0.25) is 4.98 Å². The van der Waals surface area contributed by atoms with Crippen LogP contribution in [0.25, 0.3) is 0 Å². The Hall–Kier alpha value is 0.260. The third-order valence-electron chi connectivity index (χ3n) is 1.67. The molecule has 0 N–H and O–H groups in total. The summed E-state index contributed by atoms with van der Waals surface area (Å²) in [4.78, 5) is 4.09. The van der Waals surface area contributed by atoms with Crippen molar-refractivity contribution in [3.63, 3.8) is 0 Å². The number of thioether (sulfide) groups is 2. The van der Waals surface area contributed by atoms with E-state index in [1.54, 1.807) is 31.3 Å². The Morgan fingerprint density at radius 2 is 1.83 bits per heavy atom. The predicted molar refractivity (Wildman–Crippen MR) is 95.0 cm³/mol. The Bertz CT molecular complexity index is 444. The van der Waals surface area contributed by atoms with Crippen molar-refractivity contribution in [2.45, 2.75) is 0 Å². The third-order valence-corrected chi connectivity index (χ3v) is 7.88. The van der Waals surface area contributed by atoms with E-state index in [4.69, 9.17) is 24.4 Å². The molecular formula is C11H16NOPS4. The van der Waals surface area contributed by atoms with E-state index in [-0.39, 0.29) is 0 Å². The van der Waals surface area contributed by atoms with Gasteiger partial charge in [-0.1, -0.05) is 30.5 Å². The van der Waals surface area contributed by atoms with Gasteiger partial charge in [0.1, 0.15) is 11.1 Å². The molecule has 0 aliphatic heterocycles. The van der Waals surface area contributed by atoms with Crippen LogP contribution in [0.4, 0.5) is 0 Å². The first-order chi connectivity index (χ1) is 8.32. The molecule has 0 saturated heterocycles. The maximum absolute atomic E-state index is 11.0. The van der Waals surface area contributed by atoms with Crippen molar-refractivity contribution in [1.82, 2.24) is 4.98 Å². The van der Waals surface area contributed by atoms with Gasteiger partial charge in [0.05, 0.1) is 9.89 Å². The fourth-order valence-corrected chi connectivity index (χ4v) is 3.02. The molecule has 0 aliphatic rings. The number of thiocarbonyl (C=S) groups is 2. The quantitative estimate of drug-likeness (QED) is 0.588. The number of rotatable bonds is 2. The van der Waals surface area contributed by atoms with E-state index in [9.17, 15) is 4.57 Å². The Morgan fingerprint density at radius 1 is 1.22 bits per heavy atom. The number of aromatic nitrogens is 1. The molecule has 0 bridgehead atoms. The van der Waals surface area contributed by atoms with Crippen LogP contribution in [-0.4, -0.2) is 39.0 Å². The van der Waals surface area contributed by atoms with Crippen LogP contribution in [0.5, 0.6) is 0 Å². The molecule has 0 saturated carbocycles. The van der Waals surface area contributed by atoms with Crippen molar-refractivity contribution < 1.29 is 4.57 Å². The zero-order valence-electron chi connectivity index (χ0n) is 10.7. The van der Waals surface area contributed by atoms with Gasteiger partial charge >= 0.3 is 0 Å². The highest BCUT2D eigenvalue weighted by atomic mass is 32.2. The molecule has 100 valence electrons. The van der Waals surface area contributed by atoms with Crippen LogP contribution in [-0.2, 0) is 4.57 Å². The molecule has 18 heavy (non-hydrogen) atoms. The van der Waals surface area contributed by atoms with Crippen LogP contribution in [0.3, 0.4) is 0 Å². The van der Waals surface area contributed by atoms with Crippen molar-refractivity contribution in [2.75, 3.05) is 25.8 Å². The zero-order valence-corrected chi connectivity index (χ0v) is 14.9. The highest BCUT2D eigenvalue weighted by molar-refractivity contribution is 8.36. The van der Waals surface area contributed by atoms with Crippen LogP contribution in [0.15, 0.2) is 24.4 Å². The third kappa shape index (κ3) is 7.64. The monoisotopic (exact) mass is 337 g/mol. The van der Waals surface area contributed by atoms with Gasteiger partial charge in [0.25, 0.3) is 0 Å². The molecule has 0 atom stereocenters. The van der Waals surface area contributed by atoms with E-state index in [1.807, 2.05) is 30.7 Å². The second-order valence-corrected chi connectivity index (χ2v) is 10.2. The lowest BCUT2D eigenvalue weighted by molar-refractivity contribution is 0.590. The summed E-state index contributed by atoms with van der Waals surface area (Å²) < 4.78 is 12.5. The van der Waals surface area contributed by atoms with Crippen molar-refractivity contribution in [3.8, 4) is 0 Å². The second kappa shape index (κ2) is 9.21. The summed E-state index contributed by atoms with van der Waals surface area (Å²) in [7, 11) is -2.06. The summed E-state index contributed by atoms with van der Waals surface area (Å²) in [6.45, 7) is 3.37. The van der Waals surface area contributed by atoms with E-state index in [1.165, 1.54) is 11.8 Å². The van der Waals surface area contributed by atoms with E-state index in [2.05, 4.69) is 4.98 Å². The number of pyridine rings is 1. The minimum absolute atomic E-state index is 0.637. The van der Waals surface area contributed by atoms with Gasteiger partial charge < -0.3 is 4.57 Å². The summed E-state index contributed by atoms with van der Waals surface area (Å²) in [5.74, 6) is 0. The number of nitrogens with zero attached hydrogens (tertiary/aromatic N) is 1. The maximum atomic E-state index is 11.0. The molecule has 0 fully saturated rings. The molecule has 1 aromatic rings. The van der Waals surface area contributed by atoms with E-state index < -0.39 is 7.14 Å². The van der Waals surface area contributed by atoms with Crippen LogP contribution in [0.2, 0.25) is 0 Å². The Balaban J connectivity index is 0.000000331. The van der Waals surface area contributed by atoms with Crippen LogP contribution in [0.1, 0.15) is 5.69 Å². The molecule has 0 aromatic carbocycles. The lowest BCUT2D eigenvalue weighted by atomic mass is 10.4. The second-order valence-electron chi connectivity index (χ2n) is 3.53. The minimum Gasteiger partial charge on any atom is -0.318 e. The van der Waals surface area contributed by atoms with Crippen molar-refractivity contribution >= 4 is 63.2 Å². The molecule has 1 heterocycles. The van der Waals surface area contributed by atoms with Gasteiger partial charge in [-0.2, -0.15) is 0 Å². The summed E-state index contributed by atoms with van der Waals surface area (Å²) in [5, 5.41) is 0. The highest BCUT2D eigenvalue weighted by Gasteiger charge is 2.11. The predicted octanol–water partition coefficient (Wildman–Crippen LogP) is 4.38. The van der Waals surface area contributed by atoms with E-state index in [0.717, 1.165) is 9.89 Å². The molecule has 2 nitrogen and oxygen atoms in total. The number of hydrogen-bond donors (Lipinski definition) is 0. The summed E-state index contributed by atoms with van der Waals surface area (Å²) in [6.07, 6.45) is 5.55. The normalized spacial score (nSPS) is 10.2. The first-order valence-corrected chi connectivity index (χ1v) is 10.8. The van der Waals surface area contributed by atoms with Crippen LogP contribution < -0.4 is 0 Å². The van der Waals surface area contributed by atoms with Gasteiger partial charge in [-0.25, -0.2) is 0 Å². The fourth-order valence-electron chi connectivity index (χ4n) is 0.808. The van der Waals surface area contributed by atoms with E-state index >= 15 is 0 Å². The van der Waals surface area contributed by atoms with Gasteiger partial charge in [0, 0.05) is 6.20 Å². The molecule has 0 unspecified atom stereocenters. The zero-order chi connectivity index (χ0) is 14.2. The average molecular weight is 337 g/mol. The number of hydrogen-bond acceptors (Lipinski definition) is 6. The molecule has 0 amide bonds. The van der Waals surface area contributed by atoms with Gasteiger partial charge in [-0.15, -0.1) is 23.5 Å². The van der Waals surface area contributed by atoms with E-state index in [0.29, 0.717) is 3.94 Å². The molecule has 0 radical (unpaired) electrons. The standard InChI is InChI=1S/C7H7NS2.C4H9OPS2/c1-10-7(9)6-4-2-3-5-8-6;1-6(2,5)4(7)8-3/h2-5H,1H3;1-3H3. The molecule has 1 rings (SSSR count). The van der Waals surface area contributed by atoms with Crippen LogP contribution in [0, 0.1) is 0 Å². The van der Waals surface area contributed by atoms with Crippen molar-refractivity contribution in [3.05, 3.63) is 30.1 Å². The summed E-state index contributed by atoms with van der Waals surface area (Å²) >= 11 is 12.8. The SMILES string of the molecule is CSC(=S)P(C)(C)=O.CSC(=S)c1ccccn1. The van der Waals surface area contributed by atoms with Gasteiger partial charge in [0.15, 0.2) is 0 Å². The Morgan fingerprint density at radius 3 is 2.11 bits per heavy atom. The molecule has 1 aromatic heterocycles. The smallest absolute Gasteiger partial charge is 0.126 e. The molecule has 0 spiro atoms. The topological polar surface area (TPSA) is 30.0 Å². The summed E-state index contributed by atoms with van der Waals surface area (Å²) in [5.41, 5.74) is 0.894. The molecular weight excluding hydrogens is 321 g/mol. The van der Waals surface area contributed by atoms with Crippen molar-refractivity contribution in [1.29, 1.82) is 0 Å². The maximum Gasteiger partial charge on any atom is 0.126 e. The van der Waals surface area contributed by atoms with Gasteiger partial charge in [-0.05, 0) is 38.0 Å². The minimum atomic E-state index is -2.06. The first kappa shape index (κ1) is 18.3. The lowest BCUT2D eigenvalue weighted by Crippen LogP contribution is -1.92. The van der Waals surface area contributed by atoms with Gasteiger partial charge in [0.2, 0.25) is 0 Å². The lowest BCUT2D eigenvalue weighted by Gasteiger charge is -2.02. The van der Waals surface area contributed by atoms with Crippen molar-refractivity contribution in [2.24, 2.45) is 0 Å². The molecule has 0 aliphatic carbocycles. The average Bonchev–Trinajstić information content (AvgIpc) is 2.37. The summed E-state index contributed by atoms with van der Waals surface area (Å²) in [6, 6.07) is 5.73. The highest BCUT2D eigenvalue weighted by Crippen LogP contribution is 2.42. The molecule has 7 heteroatoms. The van der Waals surface area contributed by atoms with Crippen LogP contribution >= 0.6 is 55.1 Å².